The molecule has 0 aromatic heterocycles. The number of rotatable bonds is 9. The summed E-state index contributed by atoms with van der Waals surface area (Å²) in [6, 6.07) is 16.7. The number of nitriles is 1. The van der Waals surface area contributed by atoms with Crippen molar-refractivity contribution >= 4 is 47.6 Å². The third-order valence-corrected chi connectivity index (χ3v) is 8.42. The number of halogens is 1. The van der Waals surface area contributed by atoms with Crippen LogP contribution in [0.15, 0.2) is 48.5 Å². The predicted octanol–water partition coefficient (Wildman–Crippen LogP) is 4.55. The summed E-state index contributed by atoms with van der Waals surface area (Å²) in [5.74, 6) is 0.976. The summed E-state index contributed by atoms with van der Waals surface area (Å²) in [7, 11) is 0. The molecular formula is C26H30ClN5O3S2. The minimum absolute atomic E-state index is 0.0840. The van der Waals surface area contributed by atoms with Gasteiger partial charge in [-0.3, -0.25) is 10.1 Å². The molecule has 1 spiro atoms. The SMILES string of the molecule is CSCCC1NC2(CCN(SOC(=O)NCc3ccc(Cl)cc3)CC2)N(Cc2ccccc2C#N)C1=O. The van der Waals surface area contributed by atoms with Crippen molar-refractivity contribution in [3.63, 3.8) is 0 Å². The molecule has 0 radical (unpaired) electrons. The highest BCUT2D eigenvalue weighted by Gasteiger charge is 2.51. The minimum atomic E-state index is -0.513. The van der Waals surface area contributed by atoms with E-state index >= 15 is 0 Å². The largest absolute Gasteiger partial charge is 0.420 e. The highest BCUT2D eigenvalue weighted by atomic mass is 35.5. The molecule has 2 amide bonds. The smallest absolute Gasteiger partial charge is 0.358 e. The second-order valence-corrected chi connectivity index (χ2v) is 11.3. The van der Waals surface area contributed by atoms with Crippen LogP contribution in [0.25, 0.3) is 0 Å². The van der Waals surface area contributed by atoms with E-state index in [1.54, 1.807) is 30.0 Å². The summed E-state index contributed by atoms with van der Waals surface area (Å²) in [6.45, 7) is 2.02. The lowest BCUT2D eigenvalue weighted by atomic mass is 9.96. The molecule has 0 aliphatic carbocycles. The van der Waals surface area contributed by atoms with Crippen molar-refractivity contribution in [1.29, 1.82) is 5.26 Å². The molecule has 2 aromatic rings. The summed E-state index contributed by atoms with van der Waals surface area (Å²) >= 11 is 8.65. The van der Waals surface area contributed by atoms with Gasteiger partial charge in [0.25, 0.3) is 0 Å². The first kappa shape index (κ1) is 27.6. The third kappa shape index (κ3) is 6.92. The molecule has 0 bridgehead atoms. The van der Waals surface area contributed by atoms with Gasteiger partial charge >= 0.3 is 6.09 Å². The zero-order valence-electron chi connectivity index (χ0n) is 20.6. The number of carbonyl (C=O) groups excluding carboxylic acids is 2. The molecule has 1 atom stereocenters. The molecule has 11 heteroatoms. The Kier molecular flexibility index (Phi) is 9.62. The van der Waals surface area contributed by atoms with E-state index in [1.165, 1.54) is 0 Å². The molecule has 37 heavy (non-hydrogen) atoms. The van der Waals surface area contributed by atoms with E-state index in [4.69, 9.17) is 15.8 Å². The maximum atomic E-state index is 13.5. The normalized spacial score (nSPS) is 19.1. The van der Waals surface area contributed by atoms with Crippen molar-refractivity contribution in [2.45, 2.75) is 44.1 Å². The van der Waals surface area contributed by atoms with Crippen LogP contribution < -0.4 is 10.6 Å². The molecule has 0 saturated carbocycles. The van der Waals surface area contributed by atoms with Crippen LogP contribution in [0.5, 0.6) is 0 Å². The van der Waals surface area contributed by atoms with E-state index in [1.807, 2.05) is 45.8 Å². The molecule has 2 aliphatic rings. The fourth-order valence-corrected chi connectivity index (χ4v) is 5.86. The maximum Gasteiger partial charge on any atom is 0.420 e. The number of nitrogens with zero attached hydrogens (tertiary/aromatic N) is 3. The van der Waals surface area contributed by atoms with Crippen LogP contribution in [-0.2, 0) is 22.1 Å². The predicted molar refractivity (Wildman–Crippen MR) is 148 cm³/mol. The lowest BCUT2D eigenvalue weighted by molar-refractivity contribution is -0.134. The first-order valence-corrected chi connectivity index (χ1v) is 14.6. The number of thioether (sulfide) groups is 1. The van der Waals surface area contributed by atoms with Gasteiger partial charge in [-0.25, -0.2) is 9.10 Å². The van der Waals surface area contributed by atoms with Crippen molar-refractivity contribution in [3.8, 4) is 6.07 Å². The number of hydrogen-bond acceptors (Lipinski definition) is 8. The Morgan fingerprint density at radius 3 is 2.68 bits per heavy atom. The Hall–Kier alpha value is -2.42. The average molecular weight is 560 g/mol. The van der Waals surface area contributed by atoms with E-state index in [-0.39, 0.29) is 11.9 Å². The lowest BCUT2D eigenvalue weighted by Gasteiger charge is -2.43. The quantitative estimate of drug-likeness (QED) is 0.341. The fourth-order valence-electron chi connectivity index (χ4n) is 4.70. The Labute approximate surface area is 231 Å². The van der Waals surface area contributed by atoms with E-state index < -0.39 is 11.8 Å². The minimum Gasteiger partial charge on any atom is -0.358 e. The fraction of sp³-hybridized carbons (Fsp3) is 0.423. The molecule has 2 N–H and O–H groups in total. The van der Waals surface area contributed by atoms with Crippen LogP contribution in [0.1, 0.15) is 36.0 Å². The van der Waals surface area contributed by atoms with Gasteiger partial charge in [0.05, 0.1) is 23.3 Å². The van der Waals surface area contributed by atoms with E-state index in [9.17, 15) is 14.9 Å². The molecule has 2 heterocycles. The molecule has 2 aliphatic heterocycles. The molecule has 2 saturated heterocycles. The number of carbonyl (C=O) groups is 2. The van der Waals surface area contributed by atoms with E-state index in [0.717, 1.165) is 35.5 Å². The monoisotopic (exact) mass is 559 g/mol. The highest BCUT2D eigenvalue weighted by molar-refractivity contribution is 7.98. The van der Waals surface area contributed by atoms with Crippen molar-refractivity contribution in [1.82, 2.24) is 19.8 Å². The Morgan fingerprint density at radius 1 is 1.24 bits per heavy atom. The van der Waals surface area contributed by atoms with Crippen molar-refractivity contribution in [3.05, 3.63) is 70.2 Å². The zero-order valence-corrected chi connectivity index (χ0v) is 23.0. The van der Waals surface area contributed by atoms with Gasteiger partial charge in [-0.05, 0) is 60.6 Å². The maximum absolute atomic E-state index is 13.5. The first-order chi connectivity index (χ1) is 17.9. The van der Waals surface area contributed by atoms with Gasteiger partial charge in [-0.15, -0.1) is 0 Å². The number of amides is 2. The van der Waals surface area contributed by atoms with Crippen molar-refractivity contribution < 1.29 is 13.8 Å². The molecule has 196 valence electrons. The van der Waals surface area contributed by atoms with Gasteiger partial charge in [-0.2, -0.15) is 17.0 Å². The second-order valence-electron chi connectivity index (χ2n) is 9.06. The van der Waals surface area contributed by atoms with Crippen LogP contribution in [-0.4, -0.2) is 58.0 Å². The molecule has 2 fully saturated rings. The van der Waals surface area contributed by atoms with E-state index in [2.05, 4.69) is 16.7 Å². The summed E-state index contributed by atoms with van der Waals surface area (Å²) < 4.78 is 7.35. The number of piperidine rings is 1. The van der Waals surface area contributed by atoms with Gasteiger partial charge in [0.2, 0.25) is 5.91 Å². The van der Waals surface area contributed by atoms with Crippen LogP contribution in [0.3, 0.4) is 0 Å². The summed E-state index contributed by atoms with van der Waals surface area (Å²) in [4.78, 5) is 27.6. The van der Waals surface area contributed by atoms with Crippen molar-refractivity contribution in [2.24, 2.45) is 0 Å². The lowest BCUT2D eigenvalue weighted by Crippen LogP contribution is -2.57. The highest BCUT2D eigenvalue weighted by Crippen LogP contribution is 2.36. The average Bonchev–Trinajstić information content (AvgIpc) is 3.17. The summed E-state index contributed by atoms with van der Waals surface area (Å²) in [6.07, 6.45) is 3.66. The molecule has 2 aromatic carbocycles. The van der Waals surface area contributed by atoms with E-state index in [0.29, 0.717) is 49.6 Å². The van der Waals surface area contributed by atoms with Crippen LogP contribution in [0, 0.1) is 11.3 Å². The number of hydrogen-bond donors (Lipinski definition) is 2. The summed E-state index contributed by atoms with van der Waals surface area (Å²) in [5.41, 5.74) is 1.88. The standard InChI is InChI=1S/C26H30ClN5O3S2/c1-36-15-10-23-24(33)32(18-21-5-3-2-4-20(21)16-28)26(30-23)11-13-31(14-12-26)37-35-25(34)29-17-19-6-8-22(27)9-7-19/h2-9,23,30H,10-15,17-18H2,1H3,(H,29,34). The molecule has 1 unspecified atom stereocenters. The molecule has 4 rings (SSSR count). The van der Waals surface area contributed by atoms with Crippen LogP contribution in [0.4, 0.5) is 4.79 Å². The first-order valence-electron chi connectivity index (χ1n) is 12.1. The van der Waals surface area contributed by atoms with Gasteiger partial charge in [0.1, 0.15) is 0 Å². The van der Waals surface area contributed by atoms with Gasteiger partial charge in [0, 0.05) is 31.2 Å². The second kappa shape index (κ2) is 12.9. The summed E-state index contributed by atoms with van der Waals surface area (Å²) in [5, 5.41) is 16.6. The van der Waals surface area contributed by atoms with Crippen LogP contribution >= 0.6 is 35.6 Å². The van der Waals surface area contributed by atoms with Gasteiger partial charge in [0.15, 0.2) is 12.2 Å². The number of nitrogens with one attached hydrogen (secondary N) is 2. The van der Waals surface area contributed by atoms with Crippen LogP contribution in [0.2, 0.25) is 5.02 Å². The molecular weight excluding hydrogens is 530 g/mol. The third-order valence-electron chi connectivity index (χ3n) is 6.72. The van der Waals surface area contributed by atoms with Gasteiger partial charge in [-0.1, -0.05) is 41.9 Å². The number of benzene rings is 2. The van der Waals surface area contributed by atoms with Crippen molar-refractivity contribution in [2.75, 3.05) is 25.1 Å². The zero-order chi connectivity index (χ0) is 26.3. The Morgan fingerprint density at radius 2 is 1.97 bits per heavy atom. The Bertz CT molecular complexity index is 1140. The molecule has 8 nitrogen and oxygen atoms in total. The Balaban J connectivity index is 1.34. The topological polar surface area (TPSA) is 97.7 Å². The van der Waals surface area contributed by atoms with Gasteiger partial charge < -0.3 is 14.4 Å².